The van der Waals surface area contributed by atoms with Crippen LogP contribution < -0.4 is 20.7 Å². The Kier molecular flexibility index (Phi) is 5.76. The molecule has 156 valence electrons. The highest BCUT2D eigenvalue weighted by molar-refractivity contribution is 7.17. The zero-order valence-electron chi connectivity index (χ0n) is 16.8. The number of hydrogen-bond acceptors (Lipinski definition) is 7. The fourth-order valence-electron chi connectivity index (χ4n) is 2.99. The van der Waals surface area contributed by atoms with Gasteiger partial charge in [-0.05, 0) is 18.2 Å². The Morgan fingerprint density at radius 3 is 2.71 bits per heavy atom. The molecule has 3 N–H and O–H groups in total. The van der Waals surface area contributed by atoms with Crippen molar-refractivity contribution in [1.29, 1.82) is 0 Å². The fraction of sp³-hybridized carbons (Fsp3) is 0.0909. The maximum Gasteiger partial charge on any atom is 0.257 e. The first kappa shape index (κ1) is 20.3. The molecular formula is C22H19N5O3S. The van der Waals surface area contributed by atoms with Gasteiger partial charge in [-0.1, -0.05) is 24.3 Å². The van der Waals surface area contributed by atoms with Gasteiger partial charge in [0, 0.05) is 34.8 Å². The van der Waals surface area contributed by atoms with E-state index in [0.717, 1.165) is 10.1 Å². The van der Waals surface area contributed by atoms with Crippen LogP contribution in [0.5, 0.6) is 5.88 Å². The number of anilines is 3. The van der Waals surface area contributed by atoms with Crippen molar-refractivity contribution >= 4 is 50.6 Å². The number of pyridine rings is 2. The summed E-state index contributed by atoms with van der Waals surface area (Å²) in [6.07, 6.45) is 1.43. The number of nitrogens with zero attached hydrogens (tertiary/aromatic N) is 2. The van der Waals surface area contributed by atoms with E-state index in [2.05, 4.69) is 25.9 Å². The smallest absolute Gasteiger partial charge is 0.257 e. The second kappa shape index (κ2) is 8.80. The Morgan fingerprint density at radius 2 is 1.90 bits per heavy atom. The molecule has 8 nitrogen and oxygen atoms in total. The summed E-state index contributed by atoms with van der Waals surface area (Å²) in [5, 5.41) is 11.2. The van der Waals surface area contributed by atoms with Gasteiger partial charge in [-0.25, -0.2) is 4.98 Å². The quantitative estimate of drug-likeness (QED) is 0.424. The summed E-state index contributed by atoms with van der Waals surface area (Å²) >= 11 is 1.50. The molecule has 3 aromatic heterocycles. The Hall–Kier alpha value is -3.98. The zero-order chi connectivity index (χ0) is 21.8. The van der Waals surface area contributed by atoms with Gasteiger partial charge < -0.3 is 20.7 Å². The lowest BCUT2D eigenvalue weighted by molar-refractivity contribution is 0.0961. The lowest BCUT2D eigenvalue weighted by Crippen LogP contribution is -2.19. The van der Waals surface area contributed by atoms with E-state index in [-0.39, 0.29) is 11.8 Å². The average molecular weight is 433 g/mol. The minimum absolute atomic E-state index is 0.296. The highest BCUT2D eigenvalue weighted by atomic mass is 32.1. The molecule has 3 heterocycles. The second-order valence-corrected chi connectivity index (χ2v) is 7.40. The number of hydrogen-bond donors (Lipinski definition) is 3. The second-order valence-electron chi connectivity index (χ2n) is 6.49. The van der Waals surface area contributed by atoms with Crippen molar-refractivity contribution in [2.75, 3.05) is 24.8 Å². The van der Waals surface area contributed by atoms with Crippen molar-refractivity contribution in [3.8, 4) is 5.88 Å². The van der Waals surface area contributed by atoms with Crippen LogP contribution in [0.3, 0.4) is 0 Å². The van der Waals surface area contributed by atoms with Crippen molar-refractivity contribution in [3.63, 3.8) is 0 Å². The third kappa shape index (κ3) is 4.31. The number of fused-ring (bicyclic) bond motifs is 1. The number of carbonyl (C=O) groups is 2. The van der Waals surface area contributed by atoms with Gasteiger partial charge in [0.25, 0.3) is 11.8 Å². The fourth-order valence-corrected chi connectivity index (χ4v) is 3.93. The molecule has 4 rings (SSSR count). The number of amides is 2. The van der Waals surface area contributed by atoms with E-state index in [1.54, 1.807) is 24.3 Å². The lowest BCUT2D eigenvalue weighted by atomic mass is 10.1. The first-order valence-electron chi connectivity index (χ1n) is 9.37. The predicted octanol–water partition coefficient (Wildman–Crippen LogP) is 4.06. The minimum Gasteiger partial charge on any atom is -0.481 e. The molecule has 0 fully saturated rings. The van der Waals surface area contributed by atoms with Crippen LogP contribution in [0.4, 0.5) is 17.3 Å². The van der Waals surface area contributed by atoms with Crippen molar-refractivity contribution in [1.82, 2.24) is 15.3 Å². The molecule has 1 aromatic carbocycles. The lowest BCUT2D eigenvalue weighted by Gasteiger charge is -2.13. The summed E-state index contributed by atoms with van der Waals surface area (Å²) < 4.78 is 6.17. The molecule has 0 aliphatic rings. The molecule has 2 amide bonds. The molecule has 0 saturated heterocycles. The van der Waals surface area contributed by atoms with E-state index in [1.807, 2.05) is 29.6 Å². The molecule has 0 atom stereocenters. The third-order valence-corrected chi connectivity index (χ3v) is 5.49. The van der Waals surface area contributed by atoms with Crippen LogP contribution in [0.1, 0.15) is 20.7 Å². The number of rotatable bonds is 6. The van der Waals surface area contributed by atoms with Crippen LogP contribution >= 0.6 is 11.3 Å². The van der Waals surface area contributed by atoms with Crippen molar-refractivity contribution in [3.05, 3.63) is 71.2 Å². The SMILES string of the molecule is CNC(=O)c1cnc(Nc2cccc(OC)n2)c(NC(=O)c2csc3ccccc23)c1. The maximum absolute atomic E-state index is 13.0. The Labute approximate surface area is 182 Å². The van der Waals surface area contributed by atoms with E-state index in [4.69, 9.17) is 4.74 Å². The van der Waals surface area contributed by atoms with Crippen LogP contribution in [0, 0.1) is 0 Å². The Morgan fingerprint density at radius 1 is 1.06 bits per heavy atom. The van der Waals surface area contributed by atoms with Crippen LogP contribution in [-0.4, -0.2) is 35.9 Å². The summed E-state index contributed by atoms with van der Waals surface area (Å²) in [7, 11) is 3.06. The molecule has 4 aromatic rings. The topological polar surface area (TPSA) is 105 Å². The van der Waals surface area contributed by atoms with E-state index < -0.39 is 0 Å². The highest BCUT2D eigenvalue weighted by Gasteiger charge is 2.17. The molecular weight excluding hydrogens is 414 g/mol. The minimum atomic E-state index is -0.310. The first-order chi connectivity index (χ1) is 15.1. The van der Waals surface area contributed by atoms with Gasteiger partial charge in [-0.15, -0.1) is 11.3 Å². The normalized spacial score (nSPS) is 10.5. The number of thiophene rings is 1. The van der Waals surface area contributed by atoms with Gasteiger partial charge in [-0.2, -0.15) is 4.98 Å². The standard InChI is InChI=1S/C22H19N5O3S/c1-23-21(28)13-10-16(20(24-11-13)27-18-8-5-9-19(26-18)30-2)25-22(29)15-12-31-17-7-4-3-6-14(15)17/h3-12H,1-2H3,(H,23,28)(H,25,29)(H,24,26,27). The average Bonchev–Trinajstić information content (AvgIpc) is 3.24. The van der Waals surface area contributed by atoms with E-state index in [9.17, 15) is 9.59 Å². The summed E-state index contributed by atoms with van der Waals surface area (Å²) in [5.41, 5.74) is 1.22. The molecule has 0 unspecified atom stereocenters. The molecule has 0 aliphatic carbocycles. The van der Waals surface area contributed by atoms with E-state index in [0.29, 0.717) is 34.3 Å². The molecule has 0 spiro atoms. The largest absolute Gasteiger partial charge is 0.481 e. The van der Waals surface area contributed by atoms with Crippen LogP contribution in [0.2, 0.25) is 0 Å². The molecule has 0 bridgehead atoms. The van der Waals surface area contributed by atoms with Crippen molar-refractivity contribution in [2.45, 2.75) is 0 Å². The summed E-state index contributed by atoms with van der Waals surface area (Å²) in [6.45, 7) is 0. The Bertz CT molecular complexity index is 1270. The molecule has 31 heavy (non-hydrogen) atoms. The van der Waals surface area contributed by atoms with Crippen LogP contribution in [0.15, 0.2) is 60.1 Å². The number of methoxy groups -OCH3 is 1. The number of benzene rings is 1. The monoisotopic (exact) mass is 433 g/mol. The zero-order valence-corrected chi connectivity index (χ0v) is 17.6. The number of ether oxygens (including phenoxy) is 1. The maximum atomic E-state index is 13.0. The summed E-state index contributed by atoms with van der Waals surface area (Å²) in [6, 6.07) is 14.5. The third-order valence-electron chi connectivity index (χ3n) is 4.53. The van der Waals surface area contributed by atoms with Gasteiger partial charge in [0.1, 0.15) is 5.82 Å². The van der Waals surface area contributed by atoms with E-state index in [1.165, 1.54) is 31.7 Å². The van der Waals surface area contributed by atoms with Crippen molar-refractivity contribution in [2.24, 2.45) is 0 Å². The molecule has 0 aliphatic heterocycles. The van der Waals surface area contributed by atoms with Gasteiger partial charge in [0.15, 0.2) is 5.82 Å². The predicted molar refractivity (Wildman–Crippen MR) is 121 cm³/mol. The first-order valence-corrected chi connectivity index (χ1v) is 10.2. The summed E-state index contributed by atoms with van der Waals surface area (Å²) in [5.74, 6) is 0.657. The highest BCUT2D eigenvalue weighted by Crippen LogP contribution is 2.29. The van der Waals surface area contributed by atoms with Gasteiger partial charge in [-0.3, -0.25) is 9.59 Å². The number of aromatic nitrogens is 2. The molecule has 0 saturated carbocycles. The summed E-state index contributed by atoms with van der Waals surface area (Å²) in [4.78, 5) is 33.8. The Balaban J connectivity index is 1.69. The van der Waals surface area contributed by atoms with Gasteiger partial charge in [0.05, 0.1) is 23.9 Å². The van der Waals surface area contributed by atoms with Crippen molar-refractivity contribution < 1.29 is 14.3 Å². The number of nitrogens with one attached hydrogen (secondary N) is 3. The molecule has 9 heteroatoms. The van der Waals surface area contributed by atoms with Gasteiger partial charge >= 0.3 is 0 Å². The van der Waals surface area contributed by atoms with E-state index >= 15 is 0 Å². The number of carbonyl (C=O) groups excluding carboxylic acids is 2. The van der Waals surface area contributed by atoms with Gasteiger partial charge in [0.2, 0.25) is 5.88 Å². The van der Waals surface area contributed by atoms with Crippen LogP contribution in [-0.2, 0) is 0 Å². The van der Waals surface area contributed by atoms with Crippen LogP contribution in [0.25, 0.3) is 10.1 Å². The molecule has 0 radical (unpaired) electrons.